The maximum absolute atomic E-state index is 12.8. The second-order valence-corrected chi connectivity index (χ2v) is 7.01. The van der Waals surface area contributed by atoms with Crippen LogP contribution in [0.15, 0.2) is 42.5 Å². The number of carbonyl (C=O) groups is 2. The summed E-state index contributed by atoms with van der Waals surface area (Å²) in [6, 6.07) is 11.9. The molecule has 0 aliphatic heterocycles. The Morgan fingerprint density at radius 1 is 1.19 bits per heavy atom. The van der Waals surface area contributed by atoms with Gasteiger partial charge in [-0.2, -0.15) is 0 Å². The normalized spacial score (nSPS) is 11.6. The lowest BCUT2D eigenvalue weighted by Crippen LogP contribution is -2.48. The number of carbonyl (C=O) groups excluding carboxylic acids is 2. The Morgan fingerprint density at radius 2 is 1.93 bits per heavy atom. The van der Waals surface area contributed by atoms with Gasteiger partial charge in [0.15, 0.2) is 6.61 Å². The van der Waals surface area contributed by atoms with Gasteiger partial charge in [-0.25, -0.2) is 0 Å². The van der Waals surface area contributed by atoms with Gasteiger partial charge < -0.3 is 15.0 Å². The van der Waals surface area contributed by atoms with Gasteiger partial charge in [-0.15, -0.1) is 0 Å². The zero-order valence-electron chi connectivity index (χ0n) is 15.5. The largest absolute Gasteiger partial charge is 0.482 e. The van der Waals surface area contributed by atoms with E-state index < -0.39 is 6.04 Å². The molecular weight excluding hydrogens is 387 g/mol. The topological polar surface area (TPSA) is 58.6 Å². The Hall–Kier alpha value is -2.24. The number of likely N-dealkylation sites (N-methyl/N-ethyl adjacent to an activating group) is 1. The van der Waals surface area contributed by atoms with Crippen LogP contribution in [0.4, 0.5) is 0 Å². The molecule has 0 aliphatic rings. The molecule has 1 atom stereocenters. The number of hydrogen-bond donors (Lipinski definition) is 1. The van der Waals surface area contributed by atoms with Gasteiger partial charge >= 0.3 is 0 Å². The van der Waals surface area contributed by atoms with Crippen LogP contribution < -0.4 is 10.1 Å². The molecule has 27 heavy (non-hydrogen) atoms. The van der Waals surface area contributed by atoms with Crippen LogP contribution in [-0.4, -0.2) is 36.4 Å². The maximum Gasteiger partial charge on any atom is 0.261 e. The van der Waals surface area contributed by atoms with E-state index in [1.54, 1.807) is 25.1 Å². The van der Waals surface area contributed by atoms with Gasteiger partial charge in [0.2, 0.25) is 5.91 Å². The first-order valence-electron chi connectivity index (χ1n) is 8.46. The molecule has 0 radical (unpaired) electrons. The van der Waals surface area contributed by atoms with E-state index in [0.717, 1.165) is 11.1 Å². The number of aryl methyl sites for hydroxylation is 1. The number of hydrogen-bond acceptors (Lipinski definition) is 3. The third kappa shape index (κ3) is 5.88. The molecular formula is C20H22Cl2N2O3. The lowest BCUT2D eigenvalue weighted by Gasteiger charge is -2.28. The van der Waals surface area contributed by atoms with E-state index in [4.69, 9.17) is 27.9 Å². The predicted octanol–water partition coefficient (Wildman–Crippen LogP) is 3.84. The van der Waals surface area contributed by atoms with Crippen molar-refractivity contribution in [2.24, 2.45) is 0 Å². The van der Waals surface area contributed by atoms with Crippen molar-refractivity contribution in [3.8, 4) is 5.75 Å². The quantitative estimate of drug-likeness (QED) is 0.756. The number of ether oxygens (including phenoxy) is 1. The van der Waals surface area contributed by atoms with Crippen LogP contribution in [0.1, 0.15) is 18.1 Å². The number of rotatable bonds is 7. The summed E-state index contributed by atoms with van der Waals surface area (Å²) < 4.78 is 5.55. The van der Waals surface area contributed by atoms with Gasteiger partial charge in [-0.05, 0) is 37.6 Å². The van der Waals surface area contributed by atoms with Crippen molar-refractivity contribution in [1.29, 1.82) is 0 Å². The van der Waals surface area contributed by atoms with Crippen LogP contribution in [0.5, 0.6) is 5.75 Å². The van der Waals surface area contributed by atoms with Gasteiger partial charge in [0.05, 0.1) is 5.02 Å². The highest BCUT2D eigenvalue weighted by molar-refractivity contribution is 6.35. The van der Waals surface area contributed by atoms with E-state index in [-0.39, 0.29) is 18.4 Å². The monoisotopic (exact) mass is 408 g/mol. The molecule has 5 nitrogen and oxygen atoms in total. The third-order valence-electron chi connectivity index (χ3n) is 4.09. The molecule has 1 N–H and O–H groups in total. The summed E-state index contributed by atoms with van der Waals surface area (Å²) in [6.45, 7) is 3.71. The fourth-order valence-corrected chi connectivity index (χ4v) is 3.08. The molecule has 1 unspecified atom stereocenters. The molecule has 7 heteroatoms. The summed E-state index contributed by atoms with van der Waals surface area (Å²) >= 11 is 11.9. The van der Waals surface area contributed by atoms with Crippen molar-refractivity contribution in [1.82, 2.24) is 10.2 Å². The predicted molar refractivity (Wildman–Crippen MR) is 107 cm³/mol. The molecule has 0 aliphatic carbocycles. The fraction of sp³-hybridized carbons (Fsp3) is 0.300. The molecule has 144 valence electrons. The summed E-state index contributed by atoms with van der Waals surface area (Å²) in [6.07, 6.45) is 0. The van der Waals surface area contributed by atoms with Crippen LogP contribution in [0.3, 0.4) is 0 Å². The molecule has 2 aromatic carbocycles. The number of benzene rings is 2. The van der Waals surface area contributed by atoms with Crippen LogP contribution in [0.2, 0.25) is 10.0 Å². The first-order chi connectivity index (χ1) is 12.8. The van der Waals surface area contributed by atoms with E-state index in [2.05, 4.69) is 5.32 Å². The Morgan fingerprint density at radius 3 is 2.56 bits per heavy atom. The number of halogens is 2. The standard InChI is InChI=1S/C20H22Cl2N2O3/c1-13-5-4-6-15(9-13)11-24(14(2)20(26)23-3)19(25)12-27-18-8-7-16(21)10-17(18)22/h4-10,14H,11-12H2,1-3H3,(H,23,26). The van der Waals surface area contributed by atoms with Crippen LogP contribution in [0.25, 0.3) is 0 Å². The molecule has 0 fully saturated rings. The Balaban J connectivity index is 2.15. The zero-order valence-corrected chi connectivity index (χ0v) is 17.0. The highest BCUT2D eigenvalue weighted by atomic mass is 35.5. The molecule has 2 rings (SSSR count). The van der Waals surface area contributed by atoms with E-state index >= 15 is 0 Å². The van der Waals surface area contributed by atoms with Gasteiger partial charge in [0.1, 0.15) is 11.8 Å². The second-order valence-electron chi connectivity index (χ2n) is 6.16. The first-order valence-corrected chi connectivity index (χ1v) is 9.22. The summed E-state index contributed by atoms with van der Waals surface area (Å²) in [4.78, 5) is 26.4. The van der Waals surface area contributed by atoms with Gasteiger partial charge in [0, 0.05) is 18.6 Å². The zero-order chi connectivity index (χ0) is 20.0. The van der Waals surface area contributed by atoms with Crippen molar-refractivity contribution >= 4 is 35.0 Å². The van der Waals surface area contributed by atoms with Crippen LogP contribution in [-0.2, 0) is 16.1 Å². The van der Waals surface area contributed by atoms with Crippen molar-refractivity contribution in [2.45, 2.75) is 26.4 Å². The maximum atomic E-state index is 12.8. The van der Waals surface area contributed by atoms with Crippen molar-refractivity contribution in [3.63, 3.8) is 0 Å². The lowest BCUT2D eigenvalue weighted by atomic mass is 10.1. The van der Waals surface area contributed by atoms with Gasteiger partial charge in [-0.3, -0.25) is 9.59 Å². The summed E-state index contributed by atoms with van der Waals surface area (Å²) in [5.74, 6) is -0.211. The average molecular weight is 409 g/mol. The highest BCUT2D eigenvalue weighted by Crippen LogP contribution is 2.27. The summed E-state index contributed by atoms with van der Waals surface area (Å²) in [7, 11) is 1.54. The number of nitrogens with one attached hydrogen (secondary N) is 1. The fourth-order valence-electron chi connectivity index (χ4n) is 2.61. The molecule has 2 amide bonds. The molecule has 0 heterocycles. The molecule has 0 aromatic heterocycles. The Labute approximate surface area is 169 Å². The number of nitrogens with zero attached hydrogens (tertiary/aromatic N) is 1. The molecule has 0 saturated heterocycles. The molecule has 0 bridgehead atoms. The molecule has 0 spiro atoms. The Bertz CT molecular complexity index is 827. The van der Waals surface area contributed by atoms with E-state index in [9.17, 15) is 9.59 Å². The Kier molecular flexibility index (Phi) is 7.51. The smallest absolute Gasteiger partial charge is 0.261 e. The van der Waals surface area contributed by atoms with Crippen molar-refractivity contribution in [2.75, 3.05) is 13.7 Å². The SMILES string of the molecule is CNC(=O)C(C)N(Cc1cccc(C)c1)C(=O)COc1ccc(Cl)cc1Cl. The minimum absolute atomic E-state index is 0.242. The van der Waals surface area contributed by atoms with Crippen molar-refractivity contribution < 1.29 is 14.3 Å². The van der Waals surface area contributed by atoms with Crippen LogP contribution in [0, 0.1) is 6.92 Å². The third-order valence-corrected chi connectivity index (χ3v) is 4.62. The van der Waals surface area contributed by atoms with Crippen molar-refractivity contribution in [3.05, 3.63) is 63.6 Å². The van der Waals surface area contributed by atoms with E-state index in [1.807, 2.05) is 31.2 Å². The van der Waals surface area contributed by atoms with Gasteiger partial charge in [-0.1, -0.05) is 53.0 Å². The van der Waals surface area contributed by atoms with Gasteiger partial charge in [0.25, 0.3) is 5.91 Å². The van der Waals surface area contributed by atoms with E-state index in [0.29, 0.717) is 22.3 Å². The molecule has 2 aromatic rings. The minimum Gasteiger partial charge on any atom is -0.482 e. The second kappa shape index (κ2) is 9.62. The minimum atomic E-state index is -0.646. The lowest BCUT2D eigenvalue weighted by molar-refractivity contribution is -0.142. The highest BCUT2D eigenvalue weighted by Gasteiger charge is 2.26. The molecule has 0 saturated carbocycles. The first kappa shape index (κ1) is 21.1. The van der Waals surface area contributed by atoms with E-state index in [1.165, 1.54) is 11.9 Å². The van der Waals surface area contributed by atoms with Crippen LogP contribution >= 0.6 is 23.2 Å². The number of amides is 2. The summed E-state index contributed by atoms with van der Waals surface area (Å²) in [5, 5.41) is 3.38. The summed E-state index contributed by atoms with van der Waals surface area (Å²) in [5.41, 5.74) is 2.01. The average Bonchev–Trinajstić information content (AvgIpc) is 2.64.